The minimum Gasteiger partial charge on any atom is -0.480 e. The van der Waals surface area contributed by atoms with Gasteiger partial charge in [0.05, 0.1) is 6.54 Å². The molecular formula is C13H25N3O4. The van der Waals surface area contributed by atoms with Crippen molar-refractivity contribution in [1.29, 1.82) is 0 Å². The molecule has 1 unspecified atom stereocenters. The third-order valence-corrected chi connectivity index (χ3v) is 2.23. The van der Waals surface area contributed by atoms with Crippen LogP contribution in [0, 0.1) is 5.92 Å². The third kappa shape index (κ3) is 9.18. The van der Waals surface area contributed by atoms with E-state index >= 15 is 0 Å². The Balaban J connectivity index is 4.21. The standard InChI is InChI=1S/C13H25N3O4/c1-8(2)6-9(11(18)19)15-12(20)14-7-10(17)16-13(3,4)5/h8-9H,6-7H2,1-5H3,(H,16,17)(H,18,19)(H2,14,15,20). The van der Waals surface area contributed by atoms with Crippen molar-refractivity contribution in [2.45, 2.75) is 52.6 Å². The van der Waals surface area contributed by atoms with Crippen molar-refractivity contribution >= 4 is 17.9 Å². The van der Waals surface area contributed by atoms with Crippen LogP contribution >= 0.6 is 0 Å². The van der Waals surface area contributed by atoms with Crippen molar-refractivity contribution in [3.8, 4) is 0 Å². The smallest absolute Gasteiger partial charge is 0.326 e. The quantitative estimate of drug-likeness (QED) is 0.576. The molecule has 0 aromatic rings. The molecule has 20 heavy (non-hydrogen) atoms. The molecule has 0 heterocycles. The molecule has 0 aromatic heterocycles. The number of rotatable bonds is 6. The Kier molecular flexibility index (Phi) is 7.02. The molecule has 3 amide bonds. The summed E-state index contributed by atoms with van der Waals surface area (Å²) >= 11 is 0. The zero-order valence-corrected chi connectivity index (χ0v) is 12.7. The Labute approximate surface area is 119 Å². The van der Waals surface area contributed by atoms with Gasteiger partial charge in [-0.2, -0.15) is 0 Å². The zero-order valence-electron chi connectivity index (χ0n) is 12.7. The number of nitrogens with one attached hydrogen (secondary N) is 3. The third-order valence-electron chi connectivity index (χ3n) is 2.23. The summed E-state index contributed by atoms with van der Waals surface area (Å²) in [4.78, 5) is 34.0. The van der Waals surface area contributed by atoms with Gasteiger partial charge in [0, 0.05) is 5.54 Å². The SMILES string of the molecule is CC(C)CC(NC(=O)NCC(=O)NC(C)(C)C)C(=O)O. The molecule has 0 radical (unpaired) electrons. The zero-order chi connectivity index (χ0) is 15.9. The summed E-state index contributed by atoms with van der Waals surface area (Å²) in [5.41, 5.74) is -0.378. The van der Waals surface area contributed by atoms with E-state index < -0.39 is 18.0 Å². The number of hydrogen-bond acceptors (Lipinski definition) is 3. The number of hydrogen-bond donors (Lipinski definition) is 4. The molecule has 0 aromatic carbocycles. The molecule has 0 fully saturated rings. The van der Waals surface area contributed by atoms with Crippen molar-refractivity contribution in [3.63, 3.8) is 0 Å². The van der Waals surface area contributed by atoms with Crippen LogP contribution in [0.1, 0.15) is 41.0 Å². The van der Waals surface area contributed by atoms with Crippen molar-refractivity contribution in [2.24, 2.45) is 5.92 Å². The van der Waals surface area contributed by atoms with E-state index in [1.807, 2.05) is 34.6 Å². The van der Waals surface area contributed by atoms with Gasteiger partial charge in [-0.3, -0.25) is 4.79 Å². The Hall–Kier alpha value is -1.79. The highest BCUT2D eigenvalue weighted by molar-refractivity contribution is 5.86. The molecule has 7 heteroatoms. The number of urea groups is 1. The van der Waals surface area contributed by atoms with Gasteiger partial charge in [-0.05, 0) is 33.1 Å². The van der Waals surface area contributed by atoms with Crippen LogP contribution in [-0.4, -0.2) is 41.1 Å². The minimum absolute atomic E-state index is 0.139. The van der Waals surface area contributed by atoms with Gasteiger partial charge in [-0.25, -0.2) is 9.59 Å². The van der Waals surface area contributed by atoms with Gasteiger partial charge in [0.15, 0.2) is 0 Å². The lowest BCUT2D eigenvalue weighted by atomic mass is 10.0. The predicted octanol–water partition coefficient (Wildman–Crippen LogP) is 0.700. The van der Waals surface area contributed by atoms with E-state index in [2.05, 4.69) is 16.0 Å². The summed E-state index contributed by atoms with van der Waals surface area (Å²) in [7, 11) is 0. The van der Waals surface area contributed by atoms with Crippen LogP contribution in [0.3, 0.4) is 0 Å². The highest BCUT2D eigenvalue weighted by atomic mass is 16.4. The lowest BCUT2D eigenvalue weighted by Crippen LogP contribution is -2.50. The fourth-order valence-corrected chi connectivity index (χ4v) is 1.53. The number of amides is 3. The second kappa shape index (κ2) is 7.72. The van der Waals surface area contributed by atoms with E-state index in [1.54, 1.807) is 0 Å². The molecule has 0 saturated heterocycles. The van der Waals surface area contributed by atoms with Crippen LogP contribution in [0.5, 0.6) is 0 Å². The maximum absolute atomic E-state index is 11.5. The maximum Gasteiger partial charge on any atom is 0.326 e. The summed E-state index contributed by atoms with van der Waals surface area (Å²) in [6.07, 6.45) is 0.330. The van der Waals surface area contributed by atoms with Crippen LogP contribution in [-0.2, 0) is 9.59 Å². The molecule has 7 nitrogen and oxygen atoms in total. The summed E-state index contributed by atoms with van der Waals surface area (Å²) in [5, 5.41) is 16.3. The average Bonchev–Trinajstić information content (AvgIpc) is 2.22. The maximum atomic E-state index is 11.5. The number of carbonyl (C=O) groups is 3. The molecule has 0 aliphatic rings. The molecule has 0 aliphatic heterocycles. The molecule has 116 valence electrons. The average molecular weight is 287 g/mol. The molecule has 0 rings (SSSR count). The van der Waals surface area contributed by atoms with E-state index in [4.69, 9.17) is 5.11 Å². The van der Waals surface area contributed by atoms with E-state index in [1.165, 1.54) is 0 Å². The Morgan fingerprint density at radius 2 is 1.70 bits per heavy atom. The Morgan fingerprint density at radius 3 is 2.10 bits per heavy atom. The molecule has 0 spiro atoms. The lowest BCUT2D eigenvalue weighted by molar-refractivity contribution is -0.139. The fourth-order valence-electron chi connectivity index (χ4n) is 1.53. The number of aliphatic carboxylic acids is 1. The first kappa shape index (κ1) is 18.2. The van der Waals surface area contributed by atoms with Crippen LogP contribution in [0.15, 0.2) is 0 Å². The second-order valence-electron chi connectivity index (χ2n) is 6.15. The van der Waals surface area contributed by atoms with Crippen molar-refractivity contribution in [2.75, 3.05) is 6.54 Å². The highest BCUT2D eigenvalue weighted by Gasteiger charge is 2.21. The number of carbonyl (C=O) groups excluding carboxylic acids is 2. The summed E-state index contributed by atoms with van der Waals surface area (Å²) in [6, 6.07) is -1.62. The first-order valence-electron chi connectivity index (χ1n) is 6.59. The molecular weight excluding hydrogens is 262 g/mol. The van der Waals surface area contributed by atoms with Crippen LogP contribution in [0.25, 0.3) is 0 Å². The molecule has 4 N–H and O–H groups in total. The van der Waals surface area contributed by atoms with Crippen molar-refractivity contribution in [1.82, 2.24) is 16.0 Å². The molecule has 0 bridgehead atoms. The van der Waals surface area contributed by atoms with Crippen LogP contribution in [0.4, 0.5) is 4.79 Å². The summed E-state index contributed by atoms with van der Waals surface area (Å²) in [5.74, 6) is -1.28. The Morgan fingerprint density at radius 1 is 1.15 bits per heavy atom. The largest absolute Gasteiger partial charge is 0.480 e. The highest BCUT2D eigenvalue weighted by Crippen LogP contribution is 2.04. The van der Waals surface area contributed by atoms with E-state index in [-0.39, 0.29) is 23.9 Å². The van der Waals surface area contributed by atoms with Crippen LogP contribution < -0.4 is 16.0 Å². The number of carboxylic acid groups (broad SMARTS) is 1. The summed E-state index contributed by atoms with van der Waals surface area (Å²) < 4.78 is 0. The minimum atomic E-state index is -1.09. The first-order chi connectivity index (χ1) is 9.01. The predicted molar refractivity (Wildman–Crippen MR) is 75.3 cm³/mol. The first-order valence-corrected chi connectivity index (χ1v) is 6.59. The second-order valence-corrected chi connectivity index (χ2v) is 6.15. The van der Waals surface area contributed by atoms with Gasteiger partial charge >= 0.3 is 12.0 Å². The number of carboxylic acids is 1. The van der Waals surface area contributed by atoms with E-state index in [0.717, 1.165) is 0 Å². The van der Waals surface area contributed by atoms with Crippen molar-refractivity contribution < 1.29 is 19.5 Å². The Bertz CT molecular complexity index is 361. The van der Waals surface area contributed by atoms with Crippen LogP contribution in [0.2, 0.25) is 0 Å². The van der Waals surface area contributed by atoms with Gasteiger partial charge in [0.2, 0.25) is 5.91 Å². The topological polar surface area (TPSA) is 108 Å². The molecule has 0 saturated carbocycles. The van der Waals surface area contributed by atoms with Crippen molar-refractivity contribution in [3.05, 3.63) is 0 Å². The van der Waals surface area contributed by atoms with Gasteiger partial charge in [-0.15, -0.1) is 0 Å². The van der Waals surface area contributed by atoms with Gasteiger partial charge in [-0.1, -0.05) is 13.8 Å². The normalized spacial score (nSPS) is 12.7. The summed E-state index contributed by atoms with van der Waals surface area (Å²) in [6.45, 7) is 9.02. The molecule has 0 aliphatic carbocycles. The monoisotopic (exact) mass is 287 g/mol. The fraction of sp³-hybridized carbons (Fsp3) is 0.769. The van der Waals surface area contributed by atoms with E-state index in [9.17, 15) is 14.4 Å². The van der Waals surface area contributed by atoms with Gasteiger partial charge in [0.1, 0.15) is 6.04 Å². The van der Waals surface area contributed by atoms with Gasteiger partial charge in [0.25, 0.3) is 0 Å². The van der Waals surface area contributed by atoms with Gasteiger partial charge < -0.3 is 21.1 Å². The van der Waals surface area contributed by atoms with E-state index in [0.29, 0.717) is 6.42 Å². The molecule has 1 atom stereocenters. The lowest BCUT2D eigenvalue weighted by Gasteiger charge is -2.21.